The van der Waals surface area contributed by atoms with Crippen LogP contribution in [0.25, 0.3) is 33.5 Å². The molecule has 7 heteroatoms. The Morgan fingerprint density at radius 2 is 2.06 bits per heavy atom. The molecule has 5 unspecified atom stereocenters. The zero-order valence-electron chi connectivity index (χ0n) is 21.0. The van der Waals surface area contributed by atoms with Crippen LogP contribution < -0.4 is 0 Å². The van der Waals surface area contributed by atoms with Crippen LogP contribution in [0.3, 0.4) is 0 Å². The van der Waals surface area contributed by atoms with Crippen LogP contribution in [0, 0.1) is 6.92 Å². The van der Waals surface area contributed by atoms with Gasteiger partial charge in [0.25, 0.3) is 5.91 Å². The SMILES string of the molecule is CCCCn1c(-c2nc3cc(C(=O)N4CC5C6C4N56)cc4c3n2CCC4(C)O)cc2ccc(C)cc21. The number of hydrogen-bond donors (Lipinski definition) is 1. The van der Waals surface area contributed by atoms with Crippen molar-refractivity contribution in [2.75, 3.05) is 6.54 Å². The number of aryl methyl sites for hydroxylation is 3. The number of benzene rings is 2. The van der Waals surface area contributed by atoms with Crippen LogP contribution in [-0.4, -0.2) is 59.7 Å². The Morgan fingerprint density at radius 1 is 1.22 bits per heavy atom. The van der Waals surface area contributed by atoms with Gasteiger partial charge in [-0.1, -0.05) is 25.5 Å². The third-order valence-electron chi connectivity index (χ3n) is 9.03. The van der Waals surface area contributed by atoms with Crippen molar-refractivity contribution in [3.63, 3.8) is 0 Å². The van der Waals surface area contributed by atoms with Gasteiger partial charge in [-0.15, -0.1) is 0 Å². The molecule has 2 bridgehead atoms. The highest BCUT2D eigenvalue weighted by Gasteiger charge is 2.80. The first kappa shape index (κ1) is 21.0. The van der Waals surface area contributed by atoms with E-state index in [-0.39, 0.29) is 5.91 Å². The van der Waals surface area contributed by atoms with E-state index < -0.39 is 5.60 Å². The molecule has 0 aliphatic carbocycles. The molecular weight excluding hydrogens is 450 g/mol. The Balaban J connectivity index is 1.32. The molecule has 0 spiro atoms. The molecule has 184 valence electrons. The number of aromatic nitrogens is 3. The number of fused-ring (bicyclic) bond motifs is 2. The van der Waals surface area contributed by atoms with E-state index in [9.17, 15) is 9.90 Å². The second-order valence-corrected chi connectivity index (χ2v) is 11.5. The van der Waals surface area contributed by atoms with E-state index in [4.69, 9.17) is 4.98 Å². The van der Waals surface area contributed by atoms with Crippen molar-refractivity contribution in [3.8, 4) is 11.5 Å². The predicted octanol–water partition coefficient (Wildman–Crippen LogP) is 4.23. The molecule has 2 aromatic carbocycles. The molecule has 1 amide bonds. The van der Waals surface area contributed by atoms with E-state index in [1.54, 1.807) is 0 Å². The first-order valence-corrected chi connectivity index (χ1v) is 13.3. The lowest BCUT2D eigenvalue weighted by molar-refractivity contribution is 0.0398. The average Bonchev–Trinajstić information content (AvgIpc) is 3.46. The number of imidazole rings is 1. The summed E-state index contributed by atoms with van der Waals surface area (Å²) in [7, 11) is 0. The molecule has 2 aromatic heterocycles. The lowest BCUT2D eigenvalue weighted by Crippen LogP contribution is -2.32. The number of carbonyl (C=O) groups excluding carboxylic acids is 1. The van der Waals surface area contributed by atoms with Crippen molar-refractivity contribution in [2.24, 2.45) is 0 Å². The first-order chi connectivity index (χ1) is 17.4. The maximum absolute atomic E-state index is 13.5. The summed E-state index contributed by atoms with van der Waals surface area (Å²) in [4.78, 5) is 23.1. The Kier molecular flexibility index (Phi) is 3.95. The minimum atomic E-state index is -0.990. The lowest BCUT2D eigenvalue weighted by Gasteiger charge is -2.31. The smallest absolute Gasteiger partial charge is 0.255 e. The second-order valence-electron chi connectivity index (χ2n) is 11.5. The molecule has 9 rings (SSSR count). The molecule has 5 atom stereocenters. The van der Waals surface area contributed by atoms with Crippen molar-refractivity contribution in [3.05, 3.63) is 53.1 Å². The molecule has 4 saturated heterocycles. The van der Waals surface area contributed by atoms with Gasteiger partial charge in [-0.25, -0.2) is 4.98 Å². The molecule has 4 fully saturated rings. The third-order valence-corrected chi connectivity index (χ3v) is 9.03. The number of carbonyl (C=O) groups is 1. The highest BCUT2D eigenvalue weighted by Crippen LogP contribution is 2.59. The summed E-state index contributed by atoms with van der Waals surface area (Å²) < 4.78 is 4.67. The Bertz CT molecular complexity index is 1590. The van der Waals surface area contributed by atoms with Gasteiger partial charge >= 0.3 is 0 Å². The first-order valence-electron chi connectivity index (χ1n) is 13.3. The predicted molar refractivity (Wildman–Crippen MR) is 139 cm³/mol. The summed E-state index contributed by atoms with van der Waals surface area (Å²) in [5.74, 6) is 0.992. The molecule has 0 saturated carbocycles. The maximum atomic E-state index is 13.5. The number of hydrogen-bond acceptors (Lipinski definition) is 4. The van der Waals surface area contributed by atoms with Gasteiger partial charge in [-0.3, -0.25) is 9.69 Å². The molecule has 4 aromatic rings. The summed E-state index contributed by atoms with van der Waals surface area (Å²) in [6.45, 7) is 8.69. The van der Waals surface area contributed by atoms with Crippen LogP contribution in [-0.2, 0) is 18.7 Å². The van der Waals surface area contributed by atoms with Gasteiger partial charge in [0.05, 0.1) is 28.4 Å². The summed E-state index contributed by atoms with van der Waals surface area (Å²) in [6, 6.07) is 14.0. The van der Waals surface area contributed by atoms with Gasteiger partial charge in [0.1, 0.15) is 6.17 Å². The van der Waals surface area contributed by atoms with E-state index in [1.165, 1.54) is 16.5 Å². The van der Waals surface area contributed by atoms with Crippen LogP contribution in [0.4, 0.5) is 0 Å². The van der Waals surface area contributed by atoms with Crippen LogP contribution in [0.2, 0.25) is 0 Å². The highest BCUT2D eigenvalue weighted by atomic mass is 16.3. The van der Waals surface area contributed by atoms with Crippen LogP contribution in [0.5, 0.6) is 0 Å². The zero-order valence-corrected chi connectivity index (χ0v) is 21.0. The van der Waals surface area contributed by atoms with Gasteiger partial charge < -0.3 is 19.1 Å². The fourth-order valence-corrected chi connectivity index (χ4v) is 6.88. The molecular formula is C29H31N5O2. The van der Waals surface area contributed by atoms with Crippen molar-refractivity contribution >= 4 is 27.8 Å². The quantitative estimate of drug-likeness (QED) is 0.434. The fraction of sp³-hybridized carbons (Fsp3) is 0.448. The van der Waals surface area contributed by atoms with Crippen LogP contribution in [0.1, 0.15) is 54.6 Å². The van der Waals surface area contributed by atoms with E-state index in [0.717, 1.165) is 54.0 Å². The van der Waals surface area contributed by atoms with E-state index >= 15 is 0 Å². The monoisotopic (exact) mass is 481 g/mol. The van der Waals surface area contributed by atoms with Crippen molar-refractivity contribution < 1.29 is 9.90 Å². The van der Waals surface area contributed by atoms with Crippen LogP contribution in [0.15, 0.2) is 36.4 Å². The number of aliphatic hydroxyl groups is 1. The van der Waals surface area contributed by atoms with Crippen molar-refractivity contribution in [1.29, 1.82) is 0 Å². The summed E-state index contributed by atoms with van der Waals surface area (Å²) >= 11 is 0. The number of amides is 1. The summed E-state index contributed by atoms with van der Waals surface area (Å²) in [5.41, 5.74) is 5.83. The third kappa shape index (κ3) is 2.65. The standard InChI is InChI=1S/C29H31N5O2/c1-4-5-9-31-21-11-16(2)6-7-17(21)14-22(31)26-30-20-13-18(28(35)33-15-23-25-27(33)34(23)25)12-19-24(20)32(26)10-8-29(19,3)36/h6-7,11-14,23,25,27,36H,4-5,8-10,15H2,1-3H3. The molecule has 5 aliphatic rings. The topological polar surface area (TPSA) is 66.3 Å². The van der Waals surface area contributed by atoms with Crippen LogP contribution >= 0.6 is 0 Å². The van der Waals surface area contributed by atoms with Gasteiger partial charge in [0.2, 0.25) is 0 Å². The van der Waals surface area contributed by atoms with Crippen molar-refractivity contribution in [1.82, 2.24) is 23.9 Å². The maximum Gasteiger partial charge on any atom is 0.255 e. The van der Waals surface area contributed by atoms with Gasteiger partial charge in [-0.2, -0.15) is 0 Å². The normalized spacial score (nSPS) is 29.3. The van der Waals surface area contributed by atoms with Gasteiger partial charge in [-0.05, 0) is 56.5 Å². The molecule has 7 heterocycles. The largest absolute Gasteiger partial charge is 0.385 e. The van der Waals surface area contributed by atoms with E-state index in [2.05, 4.69) is 52.1 Å². The minimum absolute atomic E-state index is 0.0654. The highest BCUT2D eigenvalue weighted by molar-refractivity contribution is 6.00. The average molecular weight is 482 g/mol. The summed E-state index contributed by atoms with van der Waals surface area (Å²) in [5, 5.41) is 12.6. The van der Waals surface area contributed by atoms with Gasteiger partial charge in [0, 0.05) is 47.7 Å². The molecule has 7 nitrogen and oxygen atoms in total. The number of piperazine rings is 1. The number of rotatable bonds is 5. The molecule has 0 radical (unpaired) electrons. The fourth-order valence-electron chi connectivity index (χ4n) is 6.88. The molecule has 1 N–H and O–H groups in total. The zero-order chi connectivity index (χ0) is 24.5. The number of unbranched alkanes of at least 4 members (excludes halogenated alkanes) is 1. The molecule has 36 heavy (non-hydrogen) atoms. The number of nitrogens with zero attached hydrogens (tertiary/aromatic N) is 5. The lowest BCUT2D eigenvalue weighted by atomic mass is 9.87. The summed E-state index contributed by atoms with van der Waals surface area (Å²) in [6.07, 6.45) is 3.12. The minimum Gasteiger partial charge on any atom is -0.385 e. The molecule has 5 aliphatic heterocycles. The Labute approximate surface area is 209 Å². The van der Waals surface area contributed by atoms with E-state index in [0.29, 0.717) is 36.8 Å². The van der Waals surface area contributed by atoms with E-state index in [1.807, 2.05) is 24.0 Å². The Morgan fingerprint density at radius 3 is 2.81 bits per heavy atom. The van der Waals surface area contributed by atoms with Gasteiger partial charge in [0.15, 0.2) is 5.82 Å². The van der Waals surface area contributed by atoms with Crippen molar-refractivity contribution in [2.45, 2.75) is 77.0 Å². The second kappa shape index (κ2) is 6.78. The Hall–Kier alpha value is -3.16.